The van der Waals surface area contributed by atoms with Crippen LogP contribution in [0.4, 0.5) is 0 Å². The van der Waals surface area contributed by atoms with E-state index in [1.165, 1.54) is 4.90 Å². The molecule has 0 fully saturated rings. The Morgan fingerprint density at radius 3 is 2.70 bits per heavy atom. The van der Waals surface area contributed by atoms with Crippen LogP contribution in [0.2, 0.25) is 0 Å². The molecule has 130 valence electrons. The molecule has 0 aliphatic rings. The first-order valence-electron chi connectivity index (χ1n) is 8.13. The number of methoxy groups -OCH3 is 1. The fourth-order valence-corrected chi connectivity index (χ4v) is 2.59. The maximum absolute atomic E-state index is 5.42. The van der Waals surface area contributed by atoms with Gasteiger partial charge in [-0.2, -0.15) is 0 Å². The summed E-state index contributed by atoms with van der Waals surface area (Å²) in [6, 6.07) is 10.4. The molecule has 0 radical (unpaired) electrons. The number of benzene rings is 1. The number of aliphatic imine (C=N–C) groups is 1. The van der Waals surface area contributed by atoms with Crippen LogP contribution >= 0.6 is 11.8 Å². The molecule has 0 unspecified atom stereocenters. The van der Waals surface area contributed by atoms with E-state index in [1.54, 1.807) is 7.11 Å². The topological polar surface area (TPSA) is 54.9 Å². The van der Waals surface area contributed by atoms with Crippen molar-refractivity contribution in [3.63, 3.8) is 0 Å². The summed E-state index contributed by atoms with van der Waals surface area (Å²) < 4.78 is 10.4. The molecular formula is C17H29N3O2S. The third kappa shape index (κ3) is 11.0. The summed E-state index contributed by atoms with van der Waals surface area (Å²) in [6.07, 6.45) is 0.916. The van der Waals surface area contributed by atoms with Crippen molar-refractivity contribution in [3.05, 3.63) is 30.3 Å². The molecule has 1 aromatic rings. The highest BCUT2D eigenvalue weighted by atomic mass is 32.2. The quantitative estimate of drug-likeness (QED) is 0.265. The Kier molecular flexibility index (Phi) is 12.4. The van der Waals surface area contributed by atoms with Gasteiger partial charge in [0, 0.05) is 44.0 Å². The summed E-state index contributed by atoms with van der Waals surface area (Å²) in [5.74, 6) is 1.88. The van der Waals surface area contributed by atoms with E-state index in [0.717, 1.165) is 44.4 Å². The van der Waals surface area contributed by atoms with Crippen LogP contribution in [0.3, 0.4) is 0 Å². The minimum atomic E-state index is 0.645. The van der Waals surface area contributed by atoms with Crippen molar-refractivity contribution in [2.24, 2.45) is 4.99 Å². The van der Waals surface area contributed by atoms with Crippen molar-refractivity contribution in [1.82, 2.24) is 10.6 Å². The van der Waals surface area contributed by atoms with Crippen LogP contribution < -0.4 is 10.6 Å². The van der Waals surface area contributed by atoms with Crippen molar-refractivity contribution in [1.29, 1.82) is 0 Å². The number of nitrogens with zero attached hydrogens (tertiary/aromatic N) is 1. The van der Waals surface area contributed by atoms with Gasteiger partial charge < -0.3 is 20.1 Å². The van der Waals surface area contributed by atoms with Gasteiger partial charge in [0.05, 0.1) is 13.2 Å². The first-order valence-corrected chi connectivity index (χ1v) is 9.12. The molecule has 0 saturated heterocycles. The van der Waals surface area contributed by atoms with Gasteiger partial charge in [-0.1, -0.05) is 18.2 Å². The van der Waals surface area contributed by atoms with Gasteiger partial charge in [-0.05, 0) is 25.5 Å². The Hall–Kier alpha value is -1.24. The number of nitrogens with one attached hydrogen (secondary N) is 2. The van der Waals surface area contributed by atoms with E-state index in [0.29, 0.717) is 13.2 Å². The molecule has 0 amide bonds. The van der Waals surface area contributed by atoms with Gasteiger partial charge in [-0.25, -0.2) is 0 Å². The largest absolute Gasteiger partial charge is 0.382 e. The first-order chi connectivity index (χ1) is 11.4. The lowest BCUT2D eigenvalue weighted by molar-refractivity contribution is 0.0702. The van der Waals surface area contributed by atoms with Gasteiger partial charge in [0.2, 0.25) is 0 Å². The highest BCUT2D eigenvalue weighted by molar-refractivity contribution is 7.99. The van der Waals surface area contributed by atoms with Crippen LogP contribution in [0.25, 0.3) is 0 Å². The molecule has 0 spiro atoms. The summed E-state index contributed by atoms with van der Waals surface area (Å²) in [5.41, 5.74) is 0. The number of thioether (sulfide) groups is 1. The van der Waals surface area contributed by atoms with E-state index in [2.05, 4.69) is 46.8 Å². The second kappa shape index (κ2) is 14.4. The van der Waals surface area contributed by atoms with Crippen molar-refractivity contribution in [3.8, 4) is 0 Å². The highest BCUT2D eigenvalue weighted by Crippen LogP contribution is 2.15. The van der Waals surface area contributed by atoms with Crippen LogP contribution in [0, 0.1) is 0 Å². The molecule has 23 heavy (non-hydrogen) atoms. The fraction of sp³-hybridized carbons (Fsp3) is 0.588. The molecule has 1 aromatic carbocycles. The molecule has 0 aliphatic heterocycles. The zero-order chi connectivity index (χ0) is 16.6. The molecular weight excluding hydrogens is 310 g/mol. The van der Waals surface area contributed by atoms with Gasteiger partial charge in [0.15, 0.2) is 5.96 Å². The SMILES string of the molecule is CCNC(=NCCCOCCOC)NCCSc1ccccc1. The van der Waals surface area contributed by atoms with E-state index in [4.69, 9.17) is 9.47 Å². The van der Waals surface area contributed by atoms with Crippen LogP contribution in [0.1, 0.15) is 13.3 Å². The fourth-order valence-electron chi connectivity index (χ4n) is 1.80. The predicted molar refractivity (Wildman–Crippen MR) is 98.5 cm³/mol. The third-order valence-corrected chi connectivity index (χ3v) is 3.91. The lowest BCUT2D eigenvalue weighted by atomic mass is 10.4. The molecule has 5 nitrogen and oxygen atoms in total. The normalized spacial score (nSPS) is 11.5. The molecule has 0 atom stereocenters. The summed E-state index contributed by atoms with van der Waals surface area (Å²) in [5, 5.41) is 6.62. The monoisotopic (exact) mass is 339 g/mol. The molecule has 2 N–H and O–H groups in total. The van der Waals surface area contributed by atoms with E-state index in [-0.39, 0.29) is 0 Å². The average Bonchev–Trinajstić information content (AvgIpc) is 2.58. The molecule has 6 heteroatoms. The Bertz CT molecular complexity index is 416. The summed E-state index contributed by atoms with van der Waals surface area (Å²) in [6.45, 7) is 6.59. The number of guanidine groups is 1. The van der Waals surface area contributed by atoms with Crippen LogP contribution in [0.5, 0.6) is 0 Å². The molecule has 0 aromatic heterocycles. The molecule has 0 bridgehead atoms. The van der Waals surface area contributed by atoms with E-state index in [1.807, 2.05) is 17.8 Å². The Morgan fingerprint density at radius 2 is 1.96 bits per heavy atom. The molecule has 0 saturated carbocycles. The number of ether oxygens (including phenoxy) is 2. The Balaban J connectivity index is 2.13. The van der Waals surface area contributed by atoms with Crippen LogP contribution in [-0.4, -0.2) is 58.3 Å². The van der Waals surface area contributed by atoms with Gasteiger partial charge in [-0.3, -0.25) is 4.99 Å². The Labute approximate surface area is 144 Å². The summed E-state index contributed by atoms with van der Waals surface area (Å²) >= 11 is 1.84. The first kappa shape index (κ1) is 19.8. The van der Waals surface area contributed by atoms with Gasteiger partial charge in [0.25, 0.3) is 0 Å². The lowest BCUT2D eigenvalue weighted by Crippen LogP contribution is -2.38. The minimum absolute atomic E-state index is 0.645. The van der Waals surface area contributed by atoms with E-state index in [9.17, 15) is 0 Å². The van der Waals surface area contributed by atoms with E-state index < -0.39 is 0 Å². The third-order valence-electron chi connectivity index (χ3n) is 2.90. The van der Waals surface area contributed by atoms with Crippen LogP contribution in [-0.2, 0) is 9.47 Å². The van der Waals surface area contributed by atoms with Crippen LogP contribution in [0.15, 0.2) is 40.2 Å². The lowest BCUT2D eigenvalue weighted by Gasteiger charge is -2.11. The molecule has 1 rings (SSSR count). The van der Waals surface area contributed by atoms with E-state index >= 15 is 0 Å². The second-order valence-electron chi connectivity index (χ2n) is 4.81. The van der Waals surface area contributed by atoms with Gasteiger partial charge in [-0.15, -0.1) is 11.8 Å². The molecule has 0 aliphatic carbocycles. The summed E-state index contributed by atoms with van der Waals surface area (Å²) in [7, 11) is 1.68. The standard InChI is InChI=1S/C17H29N3O2S/c1-3-18-17(19-10-7-12-22-14-13-21-2)20-11-15-23-16-8-5-4-6-9-16/h4-6,8-9H,3,7,10-15H2,1-2H3,(H2,18,19,20). The zero-order valence-electron chi connectivity index (χ0n) is 14.2. The average molecular weight is 340 g/mol. The number of hydrogen-bond donors (Lipinski definition) is 2. The maximum atomic E-state index is 5.42. The smallest absolute Gasteiger partial charge is 0.191 e. The zero-order valence-corrected chi connectivity index (χ0v) is 15.0. The molecule has 0 heterocycles. The second-order valence-corrected chi connectivity index (χ2v) is 5.98. The highest BCUT2D eigenvalue weighted by Gasteiger charge is 1.97. The Morgan fingerprint density at radius 1 is 1.13 bits per heavy atom. The minimum Gasteiger partial charge on any atom is -0.382 e. The summed E-state index contributed by atoms with van der Waals surface area (Å²) in [4.78, 5) is 5.85. The number of rotatable bonds is 12. The van der Waals surface area contributed by atoms with Crippen molar-refractivity contribution >= 4 is 17.7 Å². The van der Waals surface area contributed by atoms with Crippen molar-refractivity contribution in [2.45, 2.75) is 18.2 Å². The van der Waals surface area contributed by atoms with Crippen molar-refractivity contribution in [2.75, 3.05) is 52.3 Å². The van der Waals surface area contributed by atoms with Gasteiger partial charge >= 0.3 is 0 Å². The maximum Gasteiger partial charge on any atom is 0.191 e. The predicted octanol–water partition coefficient (Wildman–Crippen LogP) is 2.39. The van der Waals surface area contributed by atoms with Gasteiger partial charge in [0.1, 0.15) is 0 Å². The number of hydrogen-bond acceptors (Lipinski definition) is 4. The van der Waals surface area contributed by atoms with Crippen molar-refractivity contribution < 1.29 is 9.47 Å².